The molecule has 2 rings (SSSR count). The van der Waals surface area contributed by atoms with E-state index in [1.165, 1.54) is 6.07 Å². The Balaban J connectivity index is 2.44. The minimum absolute atomic E-state index is 0.381. The van der Waals surface area contributed by atoms with Crippen molar-refractivity contribution < 1.29 is 18.3 Å². The molecule has 1 atom stereocenters. The molecule has 1 aromatic carbocycles. The first-order chi connectivity index (χ1) is 9.70. The van der Waals surface area contributed by atoms with Crippen LogP contribution >= 0.6 is 0 Å². The third kappa shape index (κ3) is 3.21. The number of benzene rings is 1. The molecule has 0 radical (unpaired) electrons. The van der Waals surface area contributed by atoms with Crippen molar-refractivity contribution in [3.8, 4) is 0 Å². The molecule has 1 heterocycles. The summed E-state index contributed by atoms with van der Waals surface area (Å²) >= 11 is 0. The van der Waals surface area contributed by atoms with Crippen LogP contribution in [0.15, 0.2) is 24.3 Å². The summed E-state index contributed by atoms with van der Waals surface area (Å²) in [6, 6.07) is 5.00. The highest BCUT2D eigenvalue weighted by molar-refractivity contribution is 5.39. The van der Waals surface area contributed by atoms with E-state index >= 15 is 0 Å². The first kappa shape index (κ1) is 15.4. The van der Waals surface area contributed by atoms with E-state index in [-0.39, 0.29) is 0 Å². The largest absolute Gasteiger partial charge is 0.416 e. The fourth-order valence-electron chi connectivity index (χ4n) is 2.17. The van der Waals surface area contributed by atoms with Crippen LogP contribution in [0.5, 0.6) is 0 Å². The number of rotatable bonds is 2. The molecular weight excluding hydrogens is 281 g/mol. The number of alkyl halides is 3. The Morgan fingerprint density at radius 1 is 1.00 bits per heavy atom. The molecule has 1 N–H and O–H groups in total. The molecule has 6 heteroatoms. The lowest BCUT2D eigenvalue weighted by Crippen LogP contribution is -2.10. The summed E-state index contributed by atoms with van der Waals surface area (Å²) in [5.41, 5.74) is 1.82. The molecule has 112 valence electrons. The third-order valence-corrected chi connectivity index (χ3v) is 3.33. The fraction of sp³-hybridized carbons (Fsp3) is 0.333. The highest BCUT2D eigenvalue weighted by Crippen LogP contribution is 2.33. The summed E-state index contributed by atoms with van der Waals surface area (Å²) in [7, 11) is 0. The minimum atomic E-state index is -4.39. The van der Waals surface area contributed by atoms with Gasteiger partial charge in [0.05, 0.1) is 17.0 Å². The predicted octanol–water partition coefficient (Wildman–Crippen LogP) is 3.50. The quantitative estimate of drug-likeness (QED) is 0.922. The zero-order valence-corrected chi connectivity index (χ0v) is 11.9. The summed E-state index contributed by atoms with van der Waals surface area (Å²) in [6.07, 6.45) is -5.42. The normalized spacial score (nSPS) is 13.3. The molecule has 0 aliphatic rings. The first-order valence-corrected chi connectivity index (χ1v) is 6.37. The zero-order valence-electron chi connectivity index (χ0n) is 11.9. The zero-order chi connectivity index (χ0) is 15.8. The molecule has 0 saturated carbocycles. The van der Waals surface area contributed by atoms with Crippen molar-refractivity contribution in [2.45, 2.75) is 33.1 Å². The van der Waals surface area contributed by atoms with E-state index in [2.05, 4.69) is 10.2 Å². The Kier molecular flexibility index (Phi) is 4.00. The Hall–Kier alpha value is -1.95. The van der Waals surface area contributed by atoms with E-state index in [1.807, 2.05) is 0 Å². The number of halogens is 3. The monoisotopic (exact) mass is 296 g/mol. The molecule has 0 aliphatic heterocycles. The topological polar surface area (TPSA) is 46.0 Å². The molecule has 3 nitrogen and oxygen atoms in total. The van der Waals surface area contributed by atoms with Gasteiger partial charge in [-0.15, -0.1) is 0 Å². The molecule has 0 spiro atoms. The Morgan fingerprint density at radius 3 is 2.24 bits per heavy atom. The van der Waals surface area contributed by atoms with Crippen LogP contribution < -0.4 is 0 Å². The summed E-state index contributed by atoms with van der Waals surface area (Å²) in [6.45, 7) is 4.98. The van der Waals surface area contributed by atoms with Gasteiger partial charge in [0.1, 0.15) is 6.10 Å². The third-order valence-electron chi connectivity index (χ3n) is 3.33. The average Bonchev–Trinajstić information content (AvgIpc) is 2.39. The van der Waals surface area contributed by atoms with E-state index in [1.54, 1.807) is 26.8 Å². The van der Waals surface area contributed by atoms with Gasteiger partial charge in [-0.1, -0.05) is 6.07 Å². The number of aliphatic hydroxyl groups excluding tert-OH is 1. The summed E-state index contributed by atoms with van der Waals surface area (Å²) < 4.78 is 38.0. The second-order valence-electron chi connectivity index (χ2n) is 5.00. The van der Waals surface area contributed by atoms with Gasteiger partial charge in [0.25, 0.3) is 0 Å². The highest BCUT2D eigenvalue weighted by atomic mass is 19.4. The summed E-state index contributed by atoms with van der Waals surface area (Å²) in [4.78, 5) is 0. The number of aliphatic hydroxyl groups is 1. The maximum Gasteiger partial charge on any atom is 0.416 e. The van der Waals surface area contributed by atoms with Crippen molar-refractivity contribution >= 4 is 0 Å². The molecule has 0 aliphatic carbocycles. The molecule has 1 unspecified atom stereocenters. The molecule has 0 saturated heterocycles. The van der Waals surface area contributed by atoms with Gasteiger partial charge in [-0.3, -0.25) is 0 Å². The van der Waals surface area contributed by atoms with E-state index in [4.69, 9.17) is 0 Å². The van der Waals surface area contributed by atoms with E-state index in [0.717, 1.165) is 12.1 Å². The second-order valence-corrected chi connectivity index (χ2v) is 5.00. The molecule has 21 heavy (non-hydrogen) atoms. The van der Waals surface area contributed by atoms with Crippen molar-refractivity contribution in [1.29, 1.82) is 0 Å². The lowest BCUT2D eigenvalue weighted by atomic mass is 9.95. The van der Waals surface area contributed by atoms with Crippen LogP contribution in [0.1, 0.15) is 39.7 Å². The summed E-state index contributed by atoms with van der Waals surface area (Å²) in [5.74, 6) is 0. The van der Waals surface area contributed by atoms with Gasteiger partial charge in [0.15, 0.2) is 0 Å². The van der Waals surface area contributed by atoms with Crippen LogP contribution in [0, 0.1) is 20.8 Å². The number of aromatic nitrogens is 2. The van der Waals surface area contributed by atoms with Crippen LogP contribution in [0.2, 0.25) is 0 Å². The minimum Gasteiger partial charge on any atom is -0.384 e. The smallest absolute Gasteiger partial charge is 0.384 e. The first-order valence-electron chi connectivity index (χ1n) is 6.37. The SMILES string of the molecule is Cc1cc(C(O)c2ccc(C(F)(F)F)cc2C)c(C)nn1. The van der Waals surface area contributed by atoms with Gasteiger partial charge in [0.2, 0.25) is 0 Å². The molecular formula is C15H15F3N2O. The van der Waals surface area contributed by atoms with Gasteiger partial charge >= 0.3 is 6.18 Å². The van der Waals surface area contributed by atoms with E-state index in [0.29, 0.717) is 28.1 Å². The van der Waals surface area contributed by atoms with E-state index in [9.17, 15) is 18.3 Å². The number of aryl methyl sites for hydroxylation is 3. The van der Waals surface area contributed by atoms with Crippen molar-refractivity contribution in [3.05, 3.63) is 57.9 Å². The van der Waals surface area contributed by atoms with Crippen molar-refractivity contribution in [3.63, 3.8) is 0 Å². The lowest BCUT2D eigenvalue weighted by molar-refractivity contribution is -0.137. The average molecular weight is 296 g/mol. The highest BCUT2D eigenvalue weighted by Gasteiger charge is 2.31. The molecule has 0 fully saturated rings. The molecule has 0 amide bonds. The summed E-state index contributed by atoms with van der Waals surface area (Å²) in [5, 5.41) is 18.2. The van der Waals surface area contributed by atoms with Crippen LogP contribution in [0.25, 0.3) is 0 Å². The van der Waals surface area contributed by atoms with Gasteiger partial charge in [-0.2, -0.15) is 23.4 Å². The van der Waals surface area contributed by atoms with Crippen LogP contribution in [-0.2, 0) is 6.18 Å². The maximum atomic E-state index is 12.7. The van der Waals surface area contributed by atoms with Crippen LogP contribution in [0.4, 0.5) is 13.2 Å². The Labute approximate surface area is 120 Å². The number of hydrogen-bond acceptors (Lipinski definition) is 3. The lowest BCUT2D eigenvalue weighted by Gasteiger charge is -2.17. The maximum absolute atomic E-state index is 12.7. The molecule has 0 bridgehead atoms. The van der Waals surface area contributed by atoms with Crippen molar-refractivity contribution in [2.24, 2.45) is 0 Å². The number of nitrogens with zero attached hydrogens (tertiary/aromatic N) is 2. The standard InChI is InChI=1S/C15H15F3N2O/c1-8-6-11(15(16,17)18)4-5-12(8)14(21)13-7-9(2)19-20-10(13)3/h4-7,14,21H,1-3H3. The molecule has 2 aromatic rings. The molecule has 1 aromatic heterocycles. The van der Waals surface area contributed by atoms with Gasteiger partial charge in [-0.05, 0) is 50.1 Å². The van der Waals surface area contributed by atoms with Crippen molar-refractivity contribution in [1.82, 2.24) is 10.2 Å². The van der Waals surface area contributed by atoms with Gasteiger partial charge < -0.3 is 5.11 Å². The van der Waals surface area contributed by atoms with E-state index < -0.39 is 17.8 Å². The van der Waals surface area contributed by atoms with Gasteiger partial charge in [-0.25, -0.2) is 0 Å². The van der Waals surface area contributed by atoms with Crippen LogP contribution in [0.3, 0.4) is 0 Å². The Bertz CT molecular complexity index is 668. The fourth-order valence-corrected chi connectivity index (χ4v) is 2.17. The Morgan fingerprint density at radius 2 is 1.67 bits per heavy atom. The van der Waals surface area contributed by atoms with Crippen molar-refractivity contribution in [2.75, 3.05) is 0 Å². The van der Waals surface area contributed by atoms with Gasteiger partial charge in [0, 0.05) is 5.56 Å². The van der Waals surface area contributed by atoms with Crippen LogP contribution in [-0.4, -0.2) is 15.3 Å². The number of hydrogen-bond donors (Lipinski definition) is 1. The second kappa shape index (κ2) is 5.44. The predicted molar refractivity (Wildman–Crippen MR) is 71.7 cm³/mol.